The lowest BCUT2D eigenvalue weighted by atomic mass is 9.72. The third-order valence-corrected chi connectivity index (χ3v) is 4.39. The van der Waals surface area contributed by atoms with E-state index in [-0.39, 0.29) is 16.2 Å². The zero-order valence-corrected chi connectivity index (χ0v) is 12.9. The topological polar surface area (TPSA) is 56.5 Å². The third kappa shape index (κ3) is 3.19. The van der Waals surface area contributed by atoms with E-state index in [1.807, 2.05) is 0 Å². The van der Waals surface area contributed by atoms with Gasteiger partial charge in [-0.25, -0.2) is 4.99 Å². The SMILES string of the molecule is CCC1(N(C=NC(=N)S(C)=O)C(C)(C)C)CCC1. The number of nitrogens with zero attached hydrogens (tertiary/aromatic N) is 2. The fourth-order valence-electron chi connectivity index (χ4n) is 2.54. The van der Waals surface area contributed by atoms with Crippen LogP contribution in [-0.4, -0.2) is 37.9 Å². The molecule has 1 aliphatic carbocycles. The molecule has 0 aromatic carbocycles. The van der Waals surface area contributed by atoms with E-state index in [4.69, 9.17) is 5.41 Å². The largest absolute Gasteiger partial charge is 0.352 e. The first-order valence-corrected chi connectivity index (χ1v) is 8.04. The first-order valence-electron chi connectivity index (χ1n) is 6.48. The average Bonchev–Trinajstić information content (AvgIpc) is 2.19. The Bertz CT molecular complexity index is 361. The summed E-state index contributed by atoms with van der Waals surface area (Å²) in [5, 5.41) is 7.49. The van der Waals surface area contributed by atoms with Gasteiger partial charge in [0.25, 0.3) is 0 Å². The highest BCUT2D eigenvalue weighted by Crippen LogP contribution is 2.42. The van der Waals surface area contributed by atoms with Crippen molar-refractivity contribution in [3.8, 4) is 0 Å². The molecule has 0 aromatic rings. The molecule has 0 amide bonds. The second-order valence-corrected chi connectivity index (χ2v) is 7.27. The molecule has 0 aromatic heterocycles. The van der Waals surface area contributed by atoms with Gasteiger partial charge in [-0.15, -0.1) is 0 Å². The zero-order chi connectivity index (χ0) is 14.0. The standard InChI is InChI=1S/C13H25N3OS/c1-6-13(8-7-9-13)16(12(2,3)4)10-15-11(14)18(5)17/h10,14H,6-9H2,1-5H3. The van der Waals surface area contributed by atoms with Gasteiger partial charge in [0, 0.05) is 17.3 Å². The molecule has 1 saturated carbocycles. The molecular formula is C13H25N3OS. The summed E-state index contributed by atoms with van der Waals surface area (Å²) in [6.45, 7) is 8.67. The summed E-state index contributed by atoms with van der Waals surface area (Å²) in [6, 6.07) is 0. The van der Waals surface area contributed by atoms with Crippen LogP contribution in [0.5, 0.6) is 0 Å². The second-order valence-electron chi connectivity index (χ2n) is 5.98. The summed E-state index contributed by atoms with van der Waals surface area (Å²) in [6.07, 6.45) is 7.90. The van der Waals surface area contributed by atoms with Gasteiger partial charge in [0.2, 0.25) is 5.17 Å². The minimum atomic E-state index is -1.31. The Morgan fingerprint density at radius 1 is 1.50 bits per heavy atom. The Balaban J connectivity index is 2.94. The Morgan fingerprint density at radius 2 is 2.06 bits per heavy atom. The van der Waals surface area contributed by atoms with Crippen molar-refractivity contribution in [3.63, 3.8) is 0 Å². The molecular weight excluding hydrogens is 246 g/mol. The zero-order valence-electron chi connectivity index (χ0n) is 12.1. The van der Waals surface area contributed by atoms with Gasteiger partial charge in [-0.2, -0.15) is 0 Å². The molecule has 5 heteroatoms. The molecule has 104 valence electrons. The number of rotatable bonds is 3. The quantitative estimate of drug-likeness (QED) is 0.634. The summed E-state index contributed by atoms with van der Waals surface area (Å²) >= 11 is 0. The van der Waals surface area contributed by atoms with Crippen molar-refractivity contribution in [3.05, 3.63) is 0 Å². The van der Waals surface area contributed by atoms with Crippen LogP contribution in [-0.2, 0) is 10.8 Å². The Hall–Kier alpha value is -0.710. The molecule has 0 aliphatic heterocycles. The number of nitrogens with one attached hydrogen (secondary N) is 1. The van der Waals surface area contributed by atoms with Gasteiger partial charge in [-0.1, -0.05) is 6.92 Å². The maximum absolute atomic E-state index is 11.2. The van der Waals surface area contributed by atoms with E-state index in [1.54, 1.807) is 6.34 Å². The van der Waals surface area contributed by atoms with Crippen molar-refractivity contribution < 1.29 is 4.21 Å². The molecule has 1 N–H and O–H groups in total. The van der Waals surface area contributed by atoms with Gasteiger partial charge < -0.3 is 4.90 Å². The Kier molecular flexibility index (Phi) is 4.70. The van der Waals surface area contributed by atoms with Crippen LogP contribution in [0.4, 0.5) is 0 Å². The summed E-state index contributed by atoms with van der Waals surface area (Å²) in [5.74, 6) is 0. The van der Waals surface area contributed by atoms with Crippen LogP contribution in [0.25, 0.3) is 0 Å². The molecule has 1 aliphatic rings. The molecule has 4 nitrogen and oxygen atoms in total. The normalized spacial score (nSPS) is 20.5. The first-order chi connectivity index (χ1) is 8.23. The fourth-order valence-corrected chi connectivity index (χ4v) is 2.74. The number of amidine groups is 1. The van der Waals surface area contributed by atoms with Crippen LogP contribution in [0.15, 0.2) is 4.99 Å². The molecule has 0 heterocycles. The summed E-state index contributed by atoms with van der Waals surface area (Å²) in [4.78, 5) is 6.33. The highest BCUT2D eigenvalue weighted by molar-refractivity contribution is 7.99. The molecule has 0 saturated heterocycles. The molecule has 0 radical (unpaired) electrons. The van der Waals surface area contributed by atoms with Crippen LogP contribution in [0, 0.1) is 5.41 Å². The molecule has 18 heavy (non-hydrogen) atoms. The maximum Gasteiger partial charge on any atom is 0.212 e. The maximum atomic E-state index is 11.2. The van der Waals surface area contributed by atoms with Crippen molar-refractivity contribution >= 4 is 22.3 Å². The van der Waals surface area contributed by atoms with E-state index in [9.17, 15) is 4.21 Å². The van der Waals surface area contributed by atoms with E-state index in [0.29, 0.717) is 0 Å². The van der Waals surface area contributed by atoms with Crippen LogP contribution in [0.2, 0.25) is 0 Å². The van der Waals surface area contributed by atoms with Crippen molar-refractivity contribution in [1.82, 2.24) is 4.90 Å². The summed E-state index contributed by atoms with van der Waals surface area (Å²) < 4.78 is 11.2. The van der Waals surface area contributed by atoms with E-state index in [1.165, 1.54) is 25.5 Å². The molecule has 1 unspecified atom stereocenters. The number of aliphatic imine (C=N–C) groups is 1. The second kappa shape index (κ2) is 5.51. The molecule has 1 atom stereocenters. The number of hydrogen-bond acceptors (Lipinski definition) is 2. The van der Waals surface area contributed by atoms with E-state index >= 15 is 0 Å². The average molecular weight is 271 g/mol. The molecule has 0 bridgehead atoms. The van der Waals surface area contributed by atoms with Crippen LogP contribution >= 0.6 is 0 Å². The van der Waals surface area contributed by atoms with Crippen molar-refractivity contribution in [2.45, 2.75) is 64.5 Å². The lowest BCUT2D eigenvalue weighted by Crippen LogP contribution is -2.59. The minimum absolute atomic E-state index is 0.0323. The smallest absolute Gasteiger partial charge is 0.212 e. The van der Waals surface area contributed by atoms with Gasteiger partial charge >= 0.3 is 0 Å². The lowest BCUT2D eigenvalue weighted by Gasteiger charge is -2.55. The highest BCUT2D eigenvalue weighted by Gasteiger charge is 2.44. The van der Waals surface area contributed by atoms with Crippen molar-refractivity contribution in [2.24, 2.45) is 4.99 Å². The van der Waals surface area contributed by atoms with Gasteiger partial charge in [-0.3, -0.25) is 9.62 Å². The monoisotopic (exact) mass is 271 g/mol. The van der Waals surface area contributed by atoms with E-state index < -0.39 is 10.8 Å². The van der Waals surface area contributed by atoms with Crippen molar-refractivity contribution in [1.29, 1.82) is 5.41 Å². The van der Waals surface area contributed by atoms with Crippen LogP contribution in [0.3, 0.4) is 0 Å². The summed E-state index contributed by atoms with van der Waals surface area (Å²) in [5.41, 5.74) is 0.146. The number of hydrogen-bond donors (Lipinski definition) is 1. The van der Waals surface area contributed by atoms with Gasteiger partial charge in [-0.05, 0) is 46.5 Å². The van der Waals surface area contributed by atoms with Crippen LogP contribution in [0.1, 0.15) is 53.4 Å². The van der Waals surface area contributed by atoms with E-state index in [2.05, 4.69) is 37.6 Å². The molecule has 0 spiro atoms. The minimum Gasteiger partial charge on any atom is -0.352 e. The van der Waals surface area contributed by atoms with Crippen molar-refractivity contribution in [2.75, 3.05) is 6.26 Å². The summed E-state index contributed by atoms with van der Waals surface area (Å²) in [7, 11) is -1.31. The first kappa shape index (κ1) is 15.3. The lowest BCUT2D eigenvalue weighted by molar-refractivity contribution is 0.0163. The Labute approximate surface area is 113 Å². The highest BCUT2D eigenvalue weighted by atomic mass is 32.2. The Morgan fingerprint density at radius 3 is 2.33 bits per heavy atom. The van der Waals surface area contributed by atoms with Gasteiger partial charge in [0.05, 0.1) is 17.1 Å². The predicted molar refractivity (Wildman–Crippen MR) is 78.8 cm³/mol. The van der Waals surface area contributed by atoms with Gasteiger partial charge in [0.1, 0.15) is 0 Å². The van der Waals surface area contributed by atoms with E-state index in [0.717, 1.165) is 6.42 Å². The molecule has 1 rings (SSSR count). The fraction of sp³-hybridized carbons (Fsp3) is 0.846. The van der Waals surface area contributed by atoms with Crippen LogP contribution < -0.4 is 0 Å². The predicted octanol–water partition coefficient (Wildman–Crippen LogP) is 2.76. The third-order valence-electron chi connectivity index (χ3n) is 3.74. The molecule has 1 fully saturated rings. The van der Waals surface area contributed by atoms with Gasteiger partial charge in [0.15, 0.2) is 0 Å².